The van der Waals surface area contributed by atoms with Crippen molar-refractivity contribution in [3.63, 3.8) is 0 Å². The number of ketones is 1. The van der Waals surface area contributed by atoms with Crippen LogP contribution in [-0.2, 0) is 0 Å². The average molecular weight is 251 g/mol. The maximum atomic E-state index is 11.2. The van der Waals surface area contributed by atoms with Gasteiger partial charge in [0.1, 0.15) is 5.69 Å². The summed E-state index contributed by atoms with van der Waals surface area (Å²) in [4.78, 5) is 20.5. The molecule has 1 saturated heterocycles. The first-order valence-electron chi connectivity index (χ1n) is 6.19. The summed E-state index contributed by atoms with van der Waals surface area (Å²) in [5.74, 6) is 0.0594. The number of Topliss-reactive ketones (excluding diaryl/α,β-unsaturated/α-hetero) is 1. The van der Waals surface area contributed by atoms with Gasteiger partial charge in [-0.05, 0) is 12.8 Å². The third-order valence-electron chi connectivity index (χ3n) is 3.50. The zero-order valence-electron chi connectivity index (χ0n) is 10.1. The predicted octanol–water partition coefficient (Wildman–Crippen LogP) is 1.63. The van der Waals surface area contributed by atoms with Gasteiger partial charge in [-0.15, -0.1) is 11.3 Å². The van der Waals surface area contributed by atoms with E-state index in [4.69, 9.17) is 0 Å². The van der Waals surface area contributed by atoms with E-state index < -0.39 is 0 Å². The molecule has 1 aliphatic carbocycles. The van der Waals surface area contributed by atoms with Gasteiger partial charge in [-0.25, -0.2) is 4.98 Å². The second kappa shape index (κ2) is 4.38. The van der Waals surface area contributed by atoms with Gasteiger partial charge in [-0.1, -0.05) is 0 Å². The Bertz CT molecular complexity index is 419. The minimum atomic E-state index is 0.0594. The van der Waals surface area contributed by atoms with Crippen LogP contribution in [0.15, 0.2) is 5.38 Å². The summed E-state index contributed by atoms with van der Waals surface area (Å²) in [6.45, 7) is 5.94. The number of nitrogens with zero attached hydrogens (tertiary/aromatic N) is 3. The summed E-state index contributed by atoms with van der Waals surface area (Å²) < 4.78 is 0. The quantitative estimate of drug-likeness (QED) is 0.765. The second-order valence-electron chi connectivity index (χ2n) is 4.83. The lowest BCUT2D eigenvalue weighted by atomic mass is 10.3. The van der Waals surface area contributed by atoms with E-state index in [0.29, 0.717) is 5.69 Å². The molecule has 0 aromatic carbocycles. The maximum absolute atomic E-state index is 11.2. The number of rotatable bonds is 3. The van der Waals surface area contributed by atoms with Crippen molar-refractivity contribution >= 4 is 22.3 Å². The third-order valence-corrected chi connectivity index (χ3v) is 4.40. The first kappa shape index (κ1) is 11.2. The van der Waals surface area contributed by atoms with E-state index in [0.717, 1.165) is 37.4 Å². The Hall–Kier alpha value is -0.940. The molecule has 1 aromatic rings. The molecule has 1 saturated carbocycles. The molecule has 0 atom stereocenters. The normalized spacial score (nSPS) is 21.8. The lowest BCUT2D eigenvalue weighted by Gasteiger charge is -2.34. The Morgan fingerprint density at radius 2 is 2.06 bits per heavy atom. The second-order valence-corrected chi connectivity index (χ2v) is 5.66. The van der Waals surface area contributed by atoms with Crippen LogP contribution in [0, 0.1) is 0 Å². The number of aromatic nitrogens is 1. The molecule has 1 aliphatic heterocycles. The highest BCUT2D eigenvalue weighted by Gasteiger charge is 2.31. The van der Waals surface area contributed by atoms with Gasteiger partial charge in [0.15, 0.2) is 10.9 Å². The van der Waals surface area contributed by atoms with Crippen molar-refractivity contribution in [2.75, 3.05) is 31.1 Å². The highest BCUT2D eigenvalue weighted by Crippen LogP contribution is 2.29. The lowest BCUT2D eigenvalue weighted by Crippen LogP contribution is -2.47. The van der Waals surface area contributed by atoms with Crippen molar-refractivity contribution in [2.45, 2.75) is 25.8 Å². The Labute approximate surface area is 105 Å². The highest BCUT2D eigenvalue weighted by molar-refractivity contribution is 7.13. The van der Waals surface area contributed by atoms with Gasteiger partial charge >= 0.3 is 0 Å². The van der Waals surface area contributed by atoms with E-state index >= 15 is 0 Å². The van der Waals surface area contributed by atoms with Gasteiger partial charge in [0, 0.05) is 44.5 Å². The summed E-state index contributed by atoms with van der Waals surface area (Å²) in [7, 11) is 0. The molecule has 1 aromatic heterocycles. The van der Waals surface area contributed by atoms with Crippen LogP contribution < -0.4 is 4.90 Å². The molecule has 0 amide bonds. The standard InChI is InChI=1S/C12H17N3OS/c1-9(16)11-8-17-12(13-11)15-6-4-14(5-7-15)10-2-3-10/h8,10H,2-7H2,1H3. The fraction of sp³-hybridized carbons (Fsp3) is 0.667. The Morgan fingerprint density at radius 1 is 1.35 bits per heavy atom. The molecule has 2 heterocycles. The van der Waals surface area contributed by atoms with Gasteiger partial charge in [-0.2, -0.15) is 0 Å². The van der Waals surface area contributed by atoms with E-state index in [1.54, 1.807) is 18.3 Å². The van der Waals surface area contributed by atoms with Crippen LogP contribution in [0.2, 0.25) is 0 Å². The van der Waals surface area contributed by atoms with Crippen molar-refractivity contribution in [3.8, 4) is 0 Å². The first-order chi connectivity index (χ1) is 8.24. The number of anilines is 1. The number of thiazole rings is 1. The molecule has 0 bridgehead atoms. The van der Waals surface area contributed by atoms with Crippen molar-refractivity contribution in [1.82, 2.24) is 9.88 Å². The van der Waals surface area contributed by atoms with Crippen LogP contribution in [0.5, 0.6) is 0 Å². The van der Waals surface area contributed by atoms with Crippen LogP contribution in [-0.4, -0.2) is 47.9 Å². The molecule has 0 radical (unpaired) electrons. The minimum absolute atomic E-state index is 0.0594. The molecule has 4 nitrogen and oxygen atoms in total. The van der Waals surface area contributed by atoms with Gasteiger partial charge in [0.2, 0.25) is 0 Å². The molecular formula is C12H17N3OS. The molecule has 2 aliphatic rings. The molecule has 5 heteroatoms. The number of piperazine rings is 1. The summed E-state index contributed by atoms with van der Waals surface area (Å²) in [5, 5.41) is 2.87. The Kier molecular flexibility index (Phi) is 2.88. The van der Waals surface area contributed by atoms with Crippen molar-refractivity contribution in [3.05, 3.63) is 11.1 Å². The monoisotopic (exact) mass is 251 g/mol. The molecule has 2 fully saturated rings. The fourth-order valence-electron chi connectivity index (χ4n) is 2.29. The van der Waals surface area contributed by atoms with Crippen LogP contribution in [0.25, 0.3) is 0 Å². The fourth-order valence-corrected chi connectivity index (χ4v) is 3.21. The largest absolute Gasteiger partial charge is 0.346 e. The van der Waals surface area contributed by atoms with E-state index in [9.17, 15) is 4.79 Å². The zero-order valence-corrected chi connectivity index (χ0v) is 10.9. The SMILES string of the molecule is CC(=O)c1csc(N2CCN(C3CC3)CC2)n1. The molecule has 0 N–H and O–H groups in total. The van der Waals surface area contributed by atoms with Crippen molar-refractivity contribution < 1.29 is 4.79 Å². The van der Waals surface area contributed by atoms with E-state index in [1.807, 2.05) is 5.38 Å². The summed E-state index contributed by atoms with van der Waals surface area (Å²) in [5.41, 5.74) is 0.606. The van der Waals surface area contributed by atoms with E-state index in [-0.39, 0.29) is 5.78 Å². The summed E-state index contributed by atoms with van der Waals surface area (Å²) in [6, 6.07) is 0.862. The lowest BCUT2D eigenvalue weighted by molar-refractivity contribution is 0.101. The molecule has 0 unspecified atom stereocenters. The highest BCUT2D eigenvalue weighted by atomic mass is 32.1. The topological polar surface area (TPSA) is 36.4 Å². The molecule has 0 spiro atoms. The molecule has 92 valence electrons. The van der Waals surface area contributed by atoms with Gasteiger partial charge in [0.25, 0.3) is 0 Å². The maximum Gasteiger partial charge on any atom is 0.186 e. The van der Waals surface area contributed by atoms with Crippen LogP contribution in [0.1, 0.15) is 30.3 Å². The van der Waals surface area contributed by atoms with Crippen LogP contribution in [0.3, 0.4) is 0 Å². The Morgan fingerprint density at radius 3 is 2.59 bits per heavy atom. The smallest absolute Gasteiger partial charge is 0.186 e. The average Bonchev–Trinajstić information content (AvgIpc) is 3.06. The first-order valence-corrected chi connectivity index (χ1v) is 7.07. The number of hydrogen-bond acceptors (Lipinski definition) is 5. The number of hydrogen-bond donors (Lipinski definition) is 0. The number of carbonyl (C=O) groups excluding carboxylic acids is 1. The van der Waals surface area contributed by atoms with Gasteiger partial charge < -0.3 is 4.90 Å². The van der Waals surface area contributed by atoms with E-state index in [2.05, 4.69) is 14.8 Å². The van der Waals surface area contributed by atoms with Crippen molar-refractivity contribution in [2.24, 2.45) is 0 Å². The summed E-state index contributed by atoms with van der Waals surface area (Å²) in [6.07, 6.45) is 2.76. The number of carbonyl (C=O) groups is 1. The van der Waals surface area contributed by atoms with E-state index in [1.165, 1.54) is 12.8 Å². The minimum Gasteiger partial charge on any atom is -0.346 e. The van der Waals surface area contributed by atoms with Gasteiger partial charge in [0.05, 0.1) is 0 Å². The molecular weight excluding hydrogens is 234 g/mol. The third kappa shape index (κ3) is 2.35. The van der Waals surface area contributed by atoms with Crippen LogP contribution >= 0.6 is 11.3 Å². The van der Waals surface area contributed by atoms with Crippen LogP contribution in [0.4, 0.5) is 5.13 Å². The predicted molar refractivity (Wildman–Crippen MR) is 68.9 cm³/mol. The van der Waals surface area contributed by atoms with Gasteiger partial charge in [-0.3, -0.25) is 9.69 Å². The zero-order chi connectivity index (χ0) is 11.8. The summed E-state index contributed by atoms with van der Waals surface area (Å²) >= 11 is 1.59. The van der Waals surface area contributed by atoms with Crippen molar-refractivity contribution in [1.29, 1.82) is 0 Å². The molecule has 17 heavy (non-hydrogen) atoms. The molecule has 3 rings (SSSR count). The Balaban J connectivity index is 1.62.